The topological polar surface area (TPSA) is 105 Å². The van der Waals surface area contributed by atoms with Crippen LogP contribution in [0, 0.1) is 11.8 Å². The molecule has 7 nitrogen and oxygen atoms in total. The third-order valence-electron chi connectivity index (χ3n) is 4.83. The highest BCUT2D eigenvalue weighted by molar-refractivity contribution is 6.04. The molecule has 0 aromatic heterocycles. The minimum Gasteiger partial charge on any atom is -0.497 e. The standard InChI is InChI=1S/C22H22N2O5/c1-29-17-6-4-5-14(13-17)20(25)23-15-9-11-16(12-10-15)24-21(26)18-7-2-3-8-19(18)22(27)28/h2-6,9-13,18-19H,7-8H2,1H3,(H,23,25)(H,24,26)(H,27,28)/t18-,19-/m0/s1. The van der Waals surface area contributed by atoms with Crippen LogP contribution in [0.25, 0.3) is 0 Å². The van der Waals surface area contributed by atoms with E-state index in [1.165, 1.54) is 7.11 Å². The summed E-state index contributed by atoms with van der Waals surface area (Å²) in [7, 11) is 1.53. The molecule has 7 heteroatoms. The summed E-state index contributed by atoms with van der Waals surface area (Å²) in [5.41, 5.74) is 1.57. The number of rotatable bonds is 6. The van der Waals surface area contributed by atoms with Gasteiger partial charge >= 0.3 is 5.97 Å². The van der Waals surface area contributed by atoms with Crippen molar-refractivity contribution < 1.29 is 24.2 Å². The molecule has 0 fully saturated rings. The van der Waals surface area contributed by atoms with Gasteiger partial charge in [-0.2, -0.15) is 0 Å². The second kappa shape index (κ2) is 9.05. The number of hydrogen-bond donors (Lipinski definition) is 3. The molecular weight excluding hydrogens is 372 g/mol. The van der Waals surface area contributed by atoms with Crippen LogP contribution in [-0.4, -0.2) is 30.0 Å². The summed E-state index contributed by atoms with van der Waals surface area (Å²) in [6.45, 7) is 0. The van der Waals surface area contributed by atoms with Crippen LogP contribution in [0.5, 0.6) is 5.75 Å². The van der Waals surface area contributed by atoms with Gasteiger partial charge in [0.25, 0.3) is 5.91 Å². The Bertz CT molecular complexity index is 936. The third kappa shape index (κ3) is 5.01. The fourth-order valence-electron chi connectivity index (χ4n) is 3.22. The molecule has 0 heterocycles. The Kier molecular flexibility index (Phi) is 6.29. The second-order valence-corrected chi connectivity index (χ2v) is 6.75. The van der Waals surface area contributed by atoms with Crippen molar-refractivity contribution in [3.63, 3.8) is 0 Å². The Morgan fingerprint density at radius 3 is 2.17 bits per heavy atom. The molecule has 0 spiro atoms. The number of methoxy groups -OCH3 is 1. The van der Waals surface area contributed by atoms with E-state index < -0.39 is 17.8 Å². The fraction of sp³-hybridized carbons (Fsp3) is 0.227. The molecule has 2 aromatic carbocycles. The normalized spacial score (nSPS) is 18.0. The highest BCUT2D eigenvalue weighted by Gasteiger charge is 2.33. The maximum Gasteiger partial charge on any atom is 0.307 e. The molecule has 0 saturated heterocycles. The van der Waals surface area contributed by atoms with Gasteiger partial charge in [-0.05, 0) is 55.3 Å². The lowest BCUT2D eigenvalue weighted by atomic mass is 9.82. The van der Waals surface area contributed by atoms with Gasteiger partial charge in [-0.1, -0.05) is 18.2 Å². The minimum absolute atomic E-state index is 0.279. The molecule has 29 heavy (non-hydrogen) atoms. The Balaban J connectivity index is 1.62. The third-order valence-corrected chi connectivity index (χ3v) is 4.83. The molecule has 0 aliphatic heterocycles. The maximum atomic E-state index is 12.5. The molecular formula is C22H22N2O5. The smallest absolute Gasteiger partial charge is 0.307 e. The summed E-state index contributed by atoms with van der Waals surface area (Å²) < 4.78 is 5.12. The first kappa shape index (κ1) is 20.1. The summed E-state index contributed by atoms with van der Waals surface area (Å²) in [4.78, 5) is 36.2. The summed E-state index contributed by atoms with van der Waals surface area (Å²) in [6, 6.07) is 13.5. The summed E-state index contributed by atoms with van der Waals surface area (Å²) >= 11 is 0. The van der Waals surface area contributed by atoms with Gasteiger partial charge in [0.1, 0.15) is 5.75 Å². The van der Waals surface area contributed by atoms with E-state index in [-0.39, 0.29) is 11.8 Å². The lowest BCUT2D eigenvalue weighted by Crippen LogP contribution is -2.34. The molecule has 0 unspecified atom stereocenters. The van der Waals surface area contributed by atoms with Crippen molar-refractivity contribution in [3.05, 3.63) is 66.2 Å². The van der Waals surface area contributed by atoms with Crippen LogP contribution in [0.1, 0.15) is 23.2 Å². The number of carboxylic acid groups (broad SMARTS) is 1. The SMILES string of the molecule is COc1cccc(C(=O)Nc2ccc(NC(=O)[C@H]3CC=CC[C@@H]3C(=O)O)cc2)c1. The first-order chi connectivity index (χ1) is 14.0. The largest absolute Gasteiger partial charge is 0.497 e. The number of nitrogens with one attached hydrogen (secondary N) is 2. The molecule has 2 amide bonds. The van der Waals surface area contributed by atoms with Crippen LogP contribution in [0.4, 0.5) is 11.4 Å². The van der Waals surface area contributed by atoms with Crippen LogP contribution in [0.2, 0.25) is 0 Å². The van der Waals surface area contributed by atoms with E-state index in [2.05, 4.69) is 10.6 Å². The molecule has 3 N–H and O–H groups in total. The van der Waals surface area contributed by atoms with E-state index in [4.69, 9.17) is 4.74 Å². The van der Waals surface area contributed by atoms with Crippen molar-refractivity contribution in [2.75, 3.05) is 17.7 Å². The number of benzene rings is 2. The fourth-order valence-corrected chi connectivity index (χ4v) is 3.22. The zero-order valence-electron chi connectivity index (χ0n) is 15.9. The molecule has 150 valence electrons. The van der Waals surface area contributed by atoms with Crippen molar-refractivity contribution >= 4 is 29.2 Å². The first-order valence-electron chi connectivity index (χ1n) is 9.22. The van der Waals surface area contributed by atoms with Crippen LogP contribution in [0.3, 0.4) is 0 Å². The second-order valence-electron chi connectivity index (χ2n) is 6.75. The van der Waals surface area contributed by atoms with Gasteiger partial charge in [0.15, 0.2) is 0 Å². The van der Waals surface area contributed by atoms with Crippen molar-refractivity contribution in [1.29, 1.82) is 0 Å². The van der Waals surface area contributed by atoms with E-state index in [0.717, 1.165) is 0 Å². The number of carboxylic acids is 1. The minimum atomic E-state index is -0.967. The molecule has 0 bridgehead atoms. The van der Waals surface area contributed by atoms with Crippen LogP contribution < -0.4 is 15.4 Å². The monoisotopic (exact) mass is 394 g/mol. The Morgan fingerprint density at radius 2 is 1.55 bits per heavy atom. The molecule has 2 aromatic rings. The maximum absolute atomic E-state index is 12.5. The predicted octanol–water partition coefficient (Wildman–Crippen LogP) is 3.55. The molecule has 0 radical (unpaired) electrons. The zero-order valence-corrected chi connectivity index (χ0v) is 15.9. The van der Waals surface area contributed by atoms with Crippen molar-refractivity contribution in [3.8, 4) is 5.75 Å². The summed E-state index contributed by atoms with van der Waals surface area (Å²) in [5, 5.41) is 14.8. The number of aliphatic carboxylic acids is 1. The molecule has 1 aliphatic rings. The Morgan fingerprint density at radius 1 is 0.931 bits per heavy atom. The van der Waals surface area contributed by atoms with Crippen LogP contribution in [-0.2, 0) is 9.59 Å². The van der Waals surface area contributed by atoms with E-state index in [0.29, 0.717) is 35.5 Å². The number of carbonyl (C=O) groups excluding carboxylic acids is 2. The van der Waals surface area contributed by atoms with Crippen molar-refractivity contribution in [2.45, 2.75) is 12.8 Å². The van der Waals surface area contributed by atoms with Crippen molar-refractivity contribution in [1.82, 2.24) is 0 Å². The van der Waals surface area contributed by atoms with E-state index in [9.17, 15) is 19.5 Å². The van der Waals surface area contributed by atoms with E-state index >= 15 is 0 Å². The van der Waals surface area contributed by atoms with Gasteiger partial charge < -0.3 is 20.5 Å². The number of carbonyl (C=O) groups is 3. The molecule has 1 aliphatic carbocycles. The van der Waals surface area contributed by atoms with Gasteiger partial charge in [0.05, 0.1) is 18.9 Å². The van der Waals surface area contributed by atoms with Gasteiger partial charge in [0.2, 0.25) is 5.91 Å². The van der Waals surface area contributed by atoms with Gasteiger partial charge in [-0.3, -0.25) is 14.4 Å². The molecule has 3 rings (SSSR count). The van der Waals surface area contributed by atoms with Crippen molar-refractivity contribution in [2.24, 2.45) is 11.8 Å². The first-order valence-corrected chi connectivity index (χ1v) is 9.22. The number of allylic oxidation sites excluding steroid dienone is 2. The van der Waals surface area contributed by atoms with E-state index in [1.807, 2.05) is 6.08 Å². The van der Waals surface area contributed by atoms with Crippen LogP contribution in [0.15, 0.2) is 60.7 Å². The predicted molar refractivity (Wildman–Crippen MR) is 109 cm³/mol. The lowest BCUT2D eigenvalue weighted by molar-refractivity contribution is -0.146. The average molecular weight is 394 g/mol. The zero-order chi connectivity index (χ0) is 20.8. The lowest BCUT2D eigenvalue weighted by Gasteiger charge is -2.24. The highest BCUT2D eigenvalue weighted by atomic mass is 16.5. The van der Waals surface area contributed by atoms with Gasteiger partial charge in [-0.15, -0.1) is 0 Å². The number of ether oxygens (including phenoxy) is 1. The van der Waals surface area contributed by atoms with Gasteiger partial charge in [0, 0.05) is 16.9 Å². The number of anilines is 2. The summed E-state index contributed by atoms with van der Waals surface area (Å²) in [5.74, 6) is -2.31. The number of hydrogen-bond acceptors (Lipinski definition) is 4. The summed E-state index contributed by atoms with van der Waals surface area (Å²) in [6.07, 6.45) is 4.38. The van der Waals surface area contributed by atoms with Gasteiger partial charge in [-0.25, -0.2) is 0 Å². The van der Waals surface area contributed by atoms with E-state index in [1.54, 1.807) is 54.6 Å². The highest BCUT2D eigenvalue weighted by Crippen LogP contribution is 2.27. The van der Waals surface area contributed by atoms with Crippen LogP contribution >= 0.6 is 0 Å². The Hall–Kier alpha value is -3.61. The Labute approximate surface area is 168 Å². The molecule has 0 saturated carbocycles. The number of amides is 2. The molecule has 2 atom stereocenters. The average Bonchev–Trinajstić information content (AvgIpc) is 2.75. The quantitative estimate of drug-likeness (QED) is 0.650.